The molecule has 0 aliphatic carbocycles. The molecule has 0 fully saturated rings. The summed E-state index contributed by atoms with van der Waals surface area (Å²) in [6.45, 7) is 6.19. The van der Waals surface area contributed by atoms with Gasteiger partial charge in [-0.05, 0) is 39.4 Å². The Morgan fingerprint density at radius 1 is 1.35 bits per heavy atom. The smallest absolute Gasteiger partial charge is 0.234 e. The minimum atomic E-state index is -0.0782. The topological polar surface area (TPSA) is 58.4 Å². The first kappa shape index (κ1) is 17.1. The van der Waals surface area contributed by atoms with Crippen LogP contribution in [0.2, 0.25) is 0 Å². The van der Waals surface area contributed by atoms with Crippen LogP contribution in [0.25, 0.3) is 0 Å². The zero-order valence-corrected chi connectivity index (χ0v) is 14.1. The molecule has 0 heterocycles. The van der Waals surface area contributed by atoms with Gasteiger partial charge in [0.05, 0.1) is 12.6 Å². The summed E-state index contributed by atoms with van der Waals surface area (Å²) in [6.07, 6.45) is 0. The van der Waals surface area contributed by atoms with Crippen LogP contribution in [0.4, 0.5) is 0 Å². The highest BCUT2D eigenvalue weighted by molar-refractivity contribution is 9.10. The van der Waals surface area contributed by atoms with E-state index in [2.05, 4.69) is 21.2 Å². The molecule has 1 aromatic carbocycles. The minimum Gasteiger partial charge on any atom is -0.353 e. The van der Waals surface area contributed by atoms with E-state index < -0.39 is 0 Å². The SMILES string of the molecule is CC(C)NC(=O)CN(C)C(c1ccccc1Br)C(C)N. The van der Waals surface area contributed by atoms with E-state index in [9.17, 15) is 4.79 Å². The van der Waals surface area contributed by atoms with Crippen molar-refractivity contribution in [1.29, 1.82) is 0 Å². The van der Waals surface area contributed by atoms with Gasteiger partial charge in [-0.3, -0.25) is 9.69 Å². The predicted molar refractivity (Wildman–Crippen MR) is 86.4 cm³/mol. The number of likely N-dealkylation sites (N-methyl/N-ethyl adjacent to an activating group) is 1. The Balaban J connectivity index is 2.87. The number of benzene rings is 1. The first-order valence-corrected chi connectivity index (χ1v) is 7.61. The van der Waals surface area contributed by atoms with Crippen LogP contribution in [0.1, 0.15) is 32.4 Å². The molecule has 0 bridgehead atoms. The Morgan fingerprint density at radius 3 is 2.45 bits per heavy atom. The maximum atomic E-state index is 11.9. The number of nitrogens with zero attached hydrogens (tertiary/aromatic N) is 1. The van der Waals surface area contributed by atoms with Gasteiger partial charge in [-0.15, -0.1) is 0 Å². The molecule has 1 aromatic rings. The first-order chi connectivity index (χ1) is 9.32. The fourth-order valence-corrected chi connectivity index (χ4v) is 2.85. The molecule has 1 rings (SSSR count). The number of hydrogen-bond acceptors (Lipinski definition) is 3. The number of nitrogens with one attached hydrogen (secondary N) is 1. The lowest BCUT2D eigenvalue weighted by Crippen LogP contribution is -2.44. The third kappa shape index (κ3) is 4.89. The van der Waals surface area contributed by atoms with Crippen LogP contribution in [0, 0.1) is 0 Å². The van der Waals surface area contributed by atoms with E-state index in [-0.39, 0.29) is 24.0 Å². The van der Waals surface area contributed by atoms with Crippen molar-refractivity contribution in [2.75, 3.05) is 13.6 Å². The van der Waals surface area contributed by atoms with Crippen molar-refractivity contribution >= 4 is 21.8 Å². The highest BCUT2D eigenvalue weighted by Crippen LogP contribution is 2.28. The van der Waals surface area contributed by atoms with Crippen LogP contribution >= 0.6 is 15.9 Å². The van der Waals surface area contributed by atoms with Gasteiger partial charge in [0.2, 0.25) is 5.91 Å². The highest BCUT2D eigenvalue weighted by Gasteiger charge is 2.24. The van der Waals surface area contributed by atoms with E-state index in [1.807, 2.05) is 57.0 Å². The van der Waals surface area contributed by atoms with Gasteiger partial charge in [0.1, 0.15) is 0 Å². The molecule has 20 heavy (non-hydrogen) atoms. The van der Waals surface area contributed by atoms with Gasteiger partial charge in [0.15, 0.2) is 0 Å². The Morgan fingerprint density at radius 2 is 1.95 bits per heavy atom. The van der Waals surface area contributed by atoms with Crippen molar-refractivity contribution in [2.45, 2.75) is 38.9 Å². The van der Waals surface area contributed by atoms with Gasteiger partial charge in [0, 0.05) is 16.6 Å². The van der Waals surface area contributed by atoms with E-state index in [1.54, 1.807) is 0 Å². The fourth-order valence-electron chi connectivity index (χ4n) is 2.33. The molecular weight excluding hydrogens is 318 g/mol. The maximum Gasteiger partial charge on any atom is 0.234 e. The predicted octanol–water partition coefficient (Wildman–Crippen LogP) is 2.29. The normalized spacial score (nSPS) is 14.4. The Labute approximate surface area is 129 Å². The summed E-state index contributed by atoms with van der Waals surface area (Å²) in [5.74, 6) is 0.0141. The molecule has 0 aliphatic rings. The second kappa shape index (κ2) is 7.76. The number of hydrogen-bond donors (Lipinski definition) is 2. The van der Waals surface area contributed by atoms with Crippen molar-refractivity contribution in [1.82, 2.24) is 10.2 Å². The summed E-state index contributed by atoms with van der Waals surface area (Å²) in [6, 6.07) is 8.04. The number of nitrogens with two attached hydrogens (primary N) is 1. The lowest BCUT2D eigenvalue weighted by atomic mass is 9.99. The number of halogens is 1. The molecular formula is C15H24BrN3O. The van der Waals surface area contributed by atoms with E-state index >= 15 is 0 Å². The van der Waals surface area contributed by atoms with Gasteiger partial charge < -0.3 is 11.1 Å². The van der Waals surface area contributed by atoms with Crippen molar-refractivity contribution in [2.24, 2.45) is 5.73 Å². The molecule has 5 heteroatoms. The van der Waals surface area contributed by atoms with Crippen LogP contribution in [0.5, 0.6) is 0 Å². The van der Waals surface area contributed by atoms with Gasteiger partial charge in [-0.25, -0.2) is 0 Å². The molecule has 0 aliphatic heterocycles. The molecule has 0 radical (unpaired) electrons. The third-order valence-electron chi connectivity index (χ3n) is 3.04. The van der Waals surface area contributed by atoms with Crippen molar-refractivity contribution in [3.63, 3.8) is 0 Å². The molecule has 2 unspecified atom stereocenters. The summed E-state index contributed by atoms with van der Waals surface area (Å²) in [4.78, 5) is 13.9. The Bertz CT molecular complexity index is 448. The summed E-state index contributed by atoms with van der Waals surface area (Å²) >= 11 is 3.56. The van der Waals surface area contributed by atoms with E-state index in [0.29, 0.717) is 6.54 Å². The van der Waals surface area contributed by atoms with Crippen LogP contribution in [0.15, 0.2) is 28.7 Å². The van der Waals surface area contributed by atoms with Crippen LogP contribution < -0.4 is 11.1 Å². The van der Waals surface area contributed by atoms with Crippen LogP contribution in [-0.2, 0) is 4.79 Å². The summed E-state index contributed by atoms with van der Waals surface area (Å²) < 4.78 is 1.01. The lowest BCUT2D eigenvalue weighted by Gasteiger charge is -2.31. The Hall–Kier alpha value is -0.910. The summed E-state index contributed by atoms with van der Waals surface area (Å²) in [7, 11) is 1.92. The number of carbonyl (C=O) groups excluding carboxylic acids is 1. The van der Waals surface area contributed by atoms with Gasteiger partial charge in [-0.2, -0.15) is 0 Å². The van der Waals surface area contributed by atoms with E-state index in [0.717, 1.165) is 10.0 Å². The molecule has 0 saturated carbocycles. The Kier molecular flexibility index (Phi) is 6.65. The van der Waals surface area contributed by atoms with Crippen molar-refractivity contribution in [3.8, 4) is 0 Å². The third-order valence-corrected chi connectivity index (χ3v) is 3.76. The standard InChI is InChI=1S/C15H24BrN3O/c1-10(2)18-14(20)9-19(4)15(11(3)17)12-7-5-6-8-13(12)16/h5-8,10-11,15H,9,17H2,1-4H3,(H,18,20). The van der Waals surface area contributed by atoms with Gasteiger partial charge in [-0.1, -0.05) is 34.1 Å². The van der Waals surface area contributed by atoms with Crippen molar-refractivity contribution < 1.29 is 4.79 Å². The van der Waals surface area contributed by atoms with E-state index in [1.165, 1.54) is 0 Å². The van der Waals surface area contributed by atoms with Crippen LogP contribution in [-0.4, -0.2) is 36.5 Å². The number of carbonyl (C=O) groups is 1. The van der Waals surface area contributed by atoms with Crippen molar-refractivity contribution in [3.05, 3.63) is 34.3 Å². The summed E-state index contributed by atoms with van der Waals surface area (Å²) in [5.41, 5.74) is 7.22. The maximum absolute atomic E-state index is 11.9. The highest BCUT2D eigenvalue weighted by atomic mass is 79.9. The average molecular weight is 342 g/mol. The minimum absolute atomic E-state index is 0.0107. The lowest BCUT2D eigenvalue weighted by molar-refractivity contribution is -0.123. The fraction of sp³-hybridized carbons (Fsp3) is 0.533. The molecule has 2 atom stereocenters. The summed E-state index contributed by atoms with van der Waals surface area (Å²) in [5, 5.41) is 2.90. The van der Waals surface area contributed by atoms with Crippen LogP contribution in [0.3, 0.4) is 0 Å². The second-order valence-corrected chi connectivity index (χ2v) is 6.32. The quantitative estimate of drug-likeness (QED) is 0.834. The number of amides is 1. The monoisotopic (exact) mass is 341 g/mol. The largest absolute Gasteiger partial charge is 0.353 e. The zero-order chi connectivity index (χ0) is 15.3. The molecule has 0 aromatic heterocycles. The molecule has 0 spiro atoms. The molecule has 3 N–H and O–H groups in total. The van der Waals surface area contributed by atoms with E-state index in [4.69, 9.17) is 5.73 Å². The number of rotatable bonds is 6. The molecule has 112 valence electrons. The second-order valence-electron chi connectivity index (χ2n) is 5.46. The van der Waals surface area contributed by atoms with Gasteiger partial charge in [0.25, 0.3) is 0 Å². The molecule has 1 amide bonds. The molecule has 4 nitrogen and oxygen atoms in total. The first-order valence-electron chi connectivity index (χ1n) is 6.82. The zero-order valence-electron chi connectivity index (χ0n) is 12.6. The van der Waals surface area contributed by atoms with Gasteiger partial charge >= 0.3 is 0 Å². The average Bonchev–Trinajstić information content (AvgIpc) is 2.30. The molecule has 0 saturated heterocycles.